The molecular formula is C24H27N3O5. The summed E-state index contributed by atoms with van der Waals surface area (Å²) in [5.41, 5.74) is 4.45. The van der Waals surface area contributed by atoms with E-state index in [2.05, 4.69) is 10.5 Å². The van der Waals surface area contributed by atoms with Gasteiger partial charge in [0.1, 0.15) is 11.3 Å². The zero-order valence-corrected chi connectivity index (χ0v) is 19.0. The molecule has 2 aromatic carbocycles. The molecule has 0 aliphatic carbocycles. The highest BCUT2D eigenvalue weighted by molar-refractivity contribution is 5.97. The molecule has 2 N–H and O–H groups in total. The summed E-state index contributed by atoms with van der Waals surface area (Å²) in [6.45, 7) is 12.1. The Morgan fingerprint density at radius 2 is 1.66 bits per heavy atom. The van der Waals surface area contributed by atoms with Crippen molar-refractivity contribution in [3.8, 4) is 5.75 Å². The fraction of sp³-hybridized carbons (Fsp3) is 0.333. The molecule has 0 aliphatic heterocycles. The Labute approximate surface area is 186 Å². The fourth-order valence-corrected chi connectivity index (χ4v) is 3.35. The van der Waals surface area contributed by atoms with Crippen LogP contribution < -0.4 is 5.43 Å². The number of fused-ring (bicyclic) bond motifs is 1. The van der Waals surface area contributed by atoms with E-state index in [1.807, 2.05) is 53.7 Å². The average Bonchev–Trinajstić information content (AvgIpc) is 3.10. The molecule has 3 aromatic rings. The Morgan fingerprint density at radius 3 is 2.19 bits per heavy atom. The largest absolute Gasteiger partial charge is 0.507 e. The topological polar surface area (TPSA) is 118 Å². The predicted molar refractivity (Wildman–Crippen MR) is 123 cm³/mol. The maximum absolute atomic E-state index is 12.4. The third-order valence-corrected chi connectivity index (χ3v) is 5.06. The second kappa shape index (κ2) is 8.11. The Bertz CT molecular complexity index is 1190. The second-order valence-corrected chi connectivity index (χ2v) is 9.75. The highest BCUT2D eigenvalue weighted by Crippen LogP contribution is 2.39. The molecule has 0 saturated carbocycles. The molecule has 1 heterocycles. The number of non-ortho nitro benzene ring substituents is 1. The number of nitrogens with zero attached hydrogens (tertiary/aromatic N) is 2. The van der Waals surface area contributed by atoms with Gasteiger partial charge in [0.2, 0.25) is 0 Å². The lowest BCUT2D eigenvalue weighted by Gasteiger charge is -2.27. The summed E-state index contributed by atoms with van der Waals surface area (Å²) in [5, 5.41) is 26.2. The van der Waals surface area contributed by atoms with Crippen LogP contribution >= 0.6 is 0 Å². The number of nitrogens with one attached hydrogen (secondary N) is 1. The molecule has 0 aliphatic rings. The Hall–Kier alpha value is -3.68. The molecule has 0 spiro atoms. The molecule has 168 valence electrons. The minimum atomic E-state index is -0.578. The number of carbonyl (C=O) groups excluding carboxylic acids is 1. The number of carbonyl (C=O) groups is 1. The Balaban J connectivity index is 1.86. The van der Waals surface area contributed by atoms with E-state index in [9.17, 15) is 20.0 Å². The highest BCUT2D eigenvalue weighted by Gasteiger charge is 2.26. The highest BCUT2D eigenvalue weighted by atomic mass is 16.6. The first kappa shape index (κ1) is 23.0. The van der Waals surface area contributed by atoms with Crippen molar-refractivity contribution in [3.05, 3.63) is 69.0 Å². The number of furan rings is 1. The summed E-state index contributed by atoms with van der Waals surface area (Å²) in [6, 6.07) is 9.24. The number of hydrogen-bond acceptors (Lipinski definition) is 6. The smallest absolute Gasteiger partial charge is 0.307 e. The van der Waals surface area contributed by atoms with Crippen molar-refractivity contribution in [1.82, 2.24) is 5.43 Å². The molecule has 3 rings (SSSR count). The minimum absolute atomic E-state index is 0.00545. The monoisotopic (exact) mass is 437 g/mol. The van der Waals surface area contributed by atoms with Gasteiger partial charge in [-0.3, -0.25) is 14.9 Å². The SMILES string of the molecule is CC(C)(C)c1cc(/C=N/NC(=O)c2cc3cc([N+](=O)[O-])ccc3o2)cc(C(C)(C)C)c1O. The van der Waals surface area contributed by atoms with Gasteiger partial charge in [-0.05, 0) is 40.7 Å². The van der Waals surface area contributed by atoms with Gasteiger partial charge in [0.05, 0.1) is 11.1 Å². The maximum atomic E-state index is 12.4. The van der Waals surface area contributed by atoms with Gasteiger partial charge in [-0.1, -0.05) is 41.5 Å². The summed E-state index contributed by atoms with van der Waals surface area (Å²) in [5.74, 6) is -0.317. The number of hydrazone groups is 1. The molecule has 1 amide bonds. The maximum Gasteiger partial charge on any atom is 0.307 e. The summed E-state index contributed by atoms with van der Waals surface area (Å²) in [4.78, 5) is 22.8. The van der Waals surface area contributed by atoms with E-state index in [-0.39, 0.29) is 28.0 Å². The first-order chi connectivity index (χ1) is 14.8. The van der Waals surface area contributed by atoms with E-state index in [0.717, 1.165) is 16.7 Å². The van der Waals surface area contributed by atoms with Crippen molar-refractivity contribution in [3.63, 3.8) is 0 Å². The number of hydrogen-bond donors (Lipinski definition) is 2. The van der Waals surface area contributed by atoms with Crippen LogP contribution in [0.4, 0.5) is 5.69 Å². The zero-order chi connectivity index (χ0) is 23.8. The molecule has 1 aromatic heterocycles. The number of phenols is 1. The number of benzene rings is 2. The number of aromatic hydroxyl groups is 1. The van der Waals surface area contributed by atoms with Gasteiger partial charge in [-0.25, -0.2) is 5.43 Å². The number of nitro groups is 1. The van der Waals surface area contributed by atoms with Crippen molar-refractivity contribution < 1.29 is 19.2 Å². The van der Waals surface area contributed by atoms with E-state index in [1.165, 1.54) is 30.5 Å². The van der Waals surface area contributed by atoms with Crippen LogP contribution in [0.2, 0.25) is 0 Å². The van der Waals surface area contributed by atoms with Crippen LogP contribution in [0.5, 0.6) is 5.75 Å². The molecule has 0 saturated heterocycles. The molecule has 8 nitrogen and oxygen atoms in total. The van der Waals surface area contributed by atoms with Gasteiger partial charge in [0.15, 0.2) is 5.76 Å². The van der Waals surface area contributed by atoms with E-state index >= 15 is 0 Å². The van der Waals surface area contributed by atoms with Gasteiger partial charge in [-0.2, -0.15) is 5.10 Å². The van der Waals surface area contributed by atoms with Crippen molar-refractivity contribution in [2.75, 3.05) is 0 Å². The van der Waals surface area contributed by atoms with Crippen molar-refractivity contribution in [2.45, 2.75) is 52.4 Å². The normalized spacial score (nSPS) is 12.4. The lowest BCUT2D eigenvalue weighted by atomic mass is 9.78. The minimum Gasteiger partial charge on any atom is -0.507 e. The molecule has 32 heavy (non-hydrogen) atoms. The van der Waals surface area contributed by atoms with E-state index in [1.54, 1.807) is 0 Å². The summed E-state index contributed by atoms with van der Waals surface area (Å²) < 4.78 is 5.47. The number of nitro benzene ring substituents is 1. The third-order valence-electron chi connectivity index (χ3n) is 5.06. The third kappa shape index (κ3) is 4.80. The molecule has 0 fully saturated rings. The van der Waals surface area contributed by atoms with E-state index < -0.39 is 10.8 Å². The molecular weight excluding hydrogens is 410 g/mol. The van der Waals surface area contributed by atoms with E-state index in [4.69, 9.17) is 4.42 Å². The molecule has 0 unspecified atom stereocenters. The second-order valence-electron chi connectivity index (χ2n) is 9.75. The molecule has 0 radical (unpaired) electrons. The van der Waals surface area contributed by atoms with Crippen molar-refractivity contribution in [2.24, 2.45) is 5.10 Å². The summed E-state index contributed by atoms with van der Waals surface area (Å²) in [6.07, 6.45) is 1.51. The quantitative estimate of drug-likeness (QED) is 0.322. The number of amides is 1. The molecule has 0 atom stereocenters. The van der Waals surface area contributed by atoms with E-state index in [0.29, 0.717) is 11.0 Å². The number of phenolic OH excluding ortho intramolecular Hbond substituents is 1. The first-order valence-corrected chi connectivity index (χ1v) is 10.2. The van der Waals surface area contributed by atoms with Crippen LogP contribution in [0, 0.1) is 10.1 Å². The van der Waals surface area contributed by atoms with Crippen LogP contribution in [0.1, 0.15) is 68.8 Å². The van der Waals surface area contributed by atoms with Gasteiger partial charge in [0.25, 0.3) is 5.69 Å². The van der Waals surface area contributed by atoms with Crippen LogP contribution in [0.15, 0.2) is 45.9 Å². The van der Waals surface area contributed by atoms with Gasteiger partial charge >= 0.3 is 5.91 Å². The zero-order valence-electron chi connectivity index (χ0n) is 19.0. The lowest BCUT2D eigenvalue weighted by Crippen LogP contribution is -2.19. The van der Waals surface area contributed by atoms with Crippen LogP contribution in [-0.2, 0) is 10.8 Å². The summed E-state index contributed by atoms with van der Waals surface area (Å²) >= 11 is 0. The predicted octanol–water partition coefficient (Wildman–Crippen LogP) is 5.41. The van der Waals surface area contributed by atoms with Gasteiger partial charge in [-0.15, -0.1) is 0 Å². The fourth-order valence-electron chi connectivity index (χ4n) is 3.35. The standard InChI is InChI=1S/C24H27N3O5/c1-23(2,3)17-9-14(10-18(21(17)28)24(4,5)6)13-25-26-22(29)20-12-15-11-16(27(30)31)7-8-19(15)32-20/h7-13,28H,1-6H3,(H,26,29)/b25-13+. The van der Waals surface area contributed by atoms with Crippen LogP contribution in [-0.4, -0.2) is 22.2 Å². The average molecular weight is 437 g/mol. The van der Waals surface area contributed by atoms with Crippen LogP contribution in [0.3, 0.4) is 0 Å². The number of rotatable bonds is 4. The van der Waals surface area contributed by atoms with Gasteiger partial charge < -0.3 is 9.52 Å². The van der Waals surface area contributed by atoms with Crippen molar-refractivity contribution >= 4 is 28.8 Å². The Morgan fingerprint density at radius 1 is 1.06 bits per heavy atom. The van der Waals surface area contributed by atoms with Crippen molar-refractivity contribution in [1.29, 1.82) is 0 Å². The van der Waals surface area contributed by atoms with Crippen LogP contribution in [0.25, 0.3) is 11.0 Å². The van der Waals surface area contributed by atoms with Gasteiger partial charge in [0, 0.05) is 28.6 Å². The summed E-state index contributed by atoms with van der Waals surface area (Å²) in [7, 11) is 0. The Kier molecular flexibility index (Phi) is 5.82. The lowest BCUT2D eigenvalue weighted by molar-refractivity contribution is -0.384. The molecule has 0 bridgehead atoms. The first-order valence-electron chi connectivity index (χ1n) is 10.2. The molecule has 8 heteroatoms.